The fourth-order valence-corrected chi connectivity index (χ4v) is 3.64. The first-order chi connectivity index (χ1) is 15.1. The highest BCUT2D eigenvalue weighted by atomic mass is 16.1. The molecule has 0 atom stereocenters. The van der Waals surface area contributed by atoms with Crippen LogP contribution in [0.15, 0.2) is 66.0 Å². The van der Waals surface area contributed by atoms with E-state index in [0.717, 1.165) is 16.7 Å². The molecule has 31 heavy (non-hydrogen) atoms. The second-order valence-electron chi connectivity index (χ2n) is 7.58. The number of aryl methyl sites for hydroxylation is 1. The summed E-state index contributed by atoms with van der Waals surface area (Å²) < 4.78 is 3.49. The van der Waals surface area contributed by atoms with Gasteiger partial charge in [-0.15, -0.1) is 0 Å². The fourth-order valence-electron chi connectivity index (χ4n) is 3.64. The predicted molar refractivity (Wildman–Crippen MR) is 118 cm³/mol. The SMILES string of the molecule is Cc1ccc(Cn2c3ncnc4c(ncn4Cc4ccc(CN)cc4)c-3nc2=O)cc1. The lowest BCUT2D eigenvalue weighted by molar-refractivity contribution is 0.758. The van der Waals surface area contributed by atoms with E-state index in [1.807, 2.05) is 60.0 Å². The molecule has 0 spiro atoms. The van der Waals surface area contributed by atoms with Gasteiger partial charge >= 0.3 is 5.69 Å². The standard InChI is InChI=1S/C23H21N7O/c1-15-2-4-18(5-3-15)12-30-22-20(28-23(30)31)19-21(25-13-26-22)29(14-27-19)11-17-8-6-16(10-24)7-9-17/h2-9,13-14H,10-12,24H2,1H3. The van der Waals surface area contributed by atoms with Gasteiger partial charge in [-0.3, -0.25) is 4.57 Å². The molecule has 8 nitrogen and oxygen atoms in total. The van der Waals surface area contributed by atoms with Crippen molar-refractivity contribution < 1.29 is 0 Å². The van der Waals surface area contributed by atoms with E-state index in [1.165, 1.54) is 11.9 Å². The lowest BCUT2D eigenvalue weighted by Crippen LogP contribution is -2.17. The minimum atomic E-state index is -0.345. The maximum absolute atomic E-state index is 12.7. The van der Waals surface area contributed by atoms with E-state index in [-0.39, 0.29) is 5.69 Å². The zero-order valence-electron chi connectivity index (χ0n) is 17.1. The maximum Gasteiger partial charge on any atom is 0.350 e. The molecule has 0 saturated carbocycles. The summed E-state index contributed by atoms with van der Waals surface area (Å²) in [4.78, 5) is 30.3. The highest BCUT2D eigenvalue weighted by Gasteiger charge is 2.21. The van der Waals surface area contributed by atoms with Crippen molar-refractivity contribution in [2.45, 2.75) is 26.6 Å². The Labute approximate surface area is 178 Å². The number of nitrogens with two attached hydrogens (primary N) is 1. The number of hydrogen-bond acceptors (Lipinski definition) is 6. The minimum Gasteiger partial charge on any atom is -0.326 e. The van der Waals surface area contributed by atoms with E-state index in [9.17, 15) is 4.79 Å². The molecule has 2 aromatic carbocycles. The quantitative estimate of drug-likeness (QED) is 0.476. The van der Waals surface area contributed by atoms with Crippen LogP contribution in [0.4, 0.5) is 0 Å². The summed E-state index contributed by atoms with van der Waals surface area (Å²) >= 11 is 0. The molecule has 0 saturated heterocycles. The van der Waals surface area contributed by atoms with Crippen LogP contribution in [0.2, 0.25) is 0 Å². The van der Waals surface area contributed by atoms with Gasteiger partial charge in [-0.1, -0.05) is 54.1 Å². The first-order valence-corrected chi connectivity index (χ1v) is 10.0. The second kappa shape index (κ2) is 7.73. The zero-order chi connectivity index (χ0) is 21.4. The molecule has 3 heterocycles. The van der Waals surface area contributed by atoms with Gasteiger partial charge < -0.3 is 10.3 Å². The summed E-state index contributed by atoms with van der Waals surface area (Å²) in [7, 11) is 0. The highest BCUT2D eigenvalue weighted by molar-refractivity contribution is 5.85. The van der Waals surface area contributed by atoms with Gasteiger partial charge in [0, 0.05) is 6.54 Å². The minimum absolute atomic E-state index is 0.345. The Hall–Kier alpha value is -3.91. The van der Waals surface area contributed by atoms with E-state index in [1.54, 1.807) is 10.9 Å². The topological polar surface area (TPSA) is 105 Å². The second-order valence-corrected chi connectivity index (χ2v) is 7.58. The van der Waals surface area contributed by atoms with Gasteiger partial charge in [-0.2, -0.15) is 4.98 Å². The molecule has 3 aromatic rings. The third-order valence-electron chi connectivity index (χ3n) is 5.37. The molecule has 0 fully saturated rings. The Balaban J connectivity index is 1.53. The van der Waals surface area contributed by atoms with E-state index in [4.69, 9.17) is 5.73 Å². The Bertz CT molecular complexity index is 1380. The molecule has 2 aliphatic heterocycles. The zero-order valence-corrected chi connectivity index (χ0v) is 17.1. The number of fused-ring (bicyclic) bond motifs is 3. The van der Waals surface area contributed by atoms with Crippen molar-refractivity contribution >= 4 is 11.2 Å². The van der Waals surface area contributed by atoms with Gasteiger partial charge in [-0.25, -0.2) is 19.7 Å². The molecule has 0 bridgehead atoms. The van der Waals surface area contributed by atoms with E-state index >= 15 is 0 Å². The molecule has 2 aliphatic rings. The number of rotatable bonds is 5. The van der Waals surface area contributed by atoms with Crippen molar-refractivity contribution in [3.05, 3.63) is 93.9 Å². The van der Waals surface area contributed by atoms with E-state index < -0.39 is 0 Å². The molecular formula is C23H21N7O. The summed E-state index contributed by atoms with van der Waals surface area (Å²) in [6.07, 6.45) is 3.19. The van der Waals surface area contributed by atoms with Gasteiger partial charge in [-0.05, 0) is 23.6 Å². The van der Waals surface area contributed by atoms with Gasteiger partial charge in [0.1, 0.15) is 17.5 Å². The van der Waals surface area contributed by atoms with Crippen LogP contribution < -0.4 is 11.4 Å². The Morgan fingerprint density at radius 1 is 0.871 bits per heavy atom. The fraction of sp³-hybridized carbons (Fsp3) is 0.174. The number of imidazole rings is 2. The number of benzene rings is 2. The maximum atomic E-state index is 12.7. The first kappa shape index (κ1) is 19.1. The van der Waals surface area contributed by atoms with Crippen LogP contribution in [-0.4, -0.2) is 29.1 Å². The van der Waals surface area contributed by atoms with Crippen molar-refractivity contribution in [3.8, 4) is 11.5 Å². The largest absolute Gasteiger partial charge is 0.350 e. The molecule has 8 heteroatoms. The summed E-state index contributed by atoms with van der Waals surface area (Å²) in [6, 6.07) is 16.1. The summed E-state index contributed by atoms with van der Waals surface area (Å²) in [5, 5.41) is 0. The van der Waals surface area contributed by atoms with E-state index in [0.29, 0.717) is 42.3 Å². The average molecular weight is 411 g/mol. The van der Waals surface area contributed by atoms with Gasteiger partial charge in [0.25, 0.3) is 0 Å². The molecule has 2 N–H and O–H groups in total. The summed E-state index contributed by atoms with van der Waals surface area (Å²) in [5.41, 5.74) is 11.3. The number of hydrogen-bond donors (Lipinski definition) is 1. The number of nitrogens with zero attached hydrogens (tertiary/aromatic N) is 6. The van der Waals surface area contributed by atoms with Crippen LogP contribution in [0.3, 0.4) is 0 Å². The normalized spacial score (nSPS) is 11.4. The molecule has 0 amide bonds. The van der Waals surface area contributed by atoms with Crippen LogP contribution in [0.5, 0.6) is 0 Å². The molecule has 154 valence electrons. The van der Waals surface area contributed by atoms with Gasteiger partial charge in [0.05, 0.1) is 19.4 Å². The van der Waals surface area contributed by atoms with E-state index in [2.05, 4.69) is 19.9 Å². The van der Waals surface area contributed by atoms with Gasteiger partial charge in [0.15, 0.2) is 11.5 Å². The Morgan fingerprint density at radius 2 is 1.55 bits per heavy atom. The van der Waals surface area contributed by atoms with Crippen LogP contribution >= 0.6 is 0 Å². The predicted octanol–water partition coefficient (Wildman–Crippen LogP) is 2.35. The van der Waals surface area contributed by atoms with Crippen LogP contribution in [-0.2, 0) is 19.6 Å². The van der Waals surface area contributed by atoms with Crippen LogP contribution in [0.25, 0.3) is 22.7 Å². The lowest BCUT2D eigenvalue weighted by Gasteiger charge is -2.04. The first-order valence-electron chi connectivity index (χ1n) is 10.0. The van der Waals surface area contributed by atoms with Crippen molar-refractivity contribution in [3.63, 3.8) is 0 Å². The summed E-state index contributed by atoms with van der Waals surface area (Å²) in [5.74, 6) is 0.477. The highest BCUT2D eigenvalue weighted by Crippen LogP contribution is 2.23. The van der Waals surface area contributed by atoms with Crippen LogP contribution in [0.1, 0.15) is 22.3 Å². The lowest BCUT2D eigenvalue weighted by atomic mass is 10.1. The monoisotopic (exact) mass is 411 g/mol. The smallest absolute Gasteiger partial charge is 0.326 e. The van der Waals surface area contributed by atoms with Crippen molar-refractivity contribution in [2.75, 3.05) is 0 Å². The molecule has 0 unspecified atom stereocenters. The molecule has 5 rings (SSSR count). The molecule has 0 radical (unpaired) electrons. The number of aromatic nitrogens is 6. The van der Waals surface area contributed by atoms with Crippen molar-refractivity contribution in [2.24, 2.45) is 5.73 Å². The summed E-state index contributed by atoms with van der Waals surface area (Å²) in [6.45, 7) is 3.52. The Kier molecular flexibility index (Phi) is 4.76. The third kappa shape index (κ3) is 3.57. The molecular weight excluding hydrogens is 390 g/mol. The van der Waals surface area contributed by atoms with Gasteiger partial charge in [0.2, 0.25) is 0 Å². The Morgan fingerprint density at radius 3 is 2.29 bits per heavy atom. The molecule has 1 aromatic heterocycles. The van der Waals surface area contributed by atoms with Crippen molar-refractivity contribution in [1.82, 2.24) is 29.1 Å². The third-order valence-corrected chi connectivity index (χ3v) is 5.37. The van der Waals surface area contributed by atoms with Crippen molar-refractivity contribution in [1.29, 1.82) is 0 Å². The average Bonchev–Trinajstić information content (AvgIpc) is 3.25. The van der Waals surface area contributed by atoms with Crippen LogP contribution in [0, 0.1) is 6.92 Å². The molecule has 0 aliphatic carbocycles.